The van der Waals surface area contributed by atoms with Crippen LogP contribution in [0.1, 0.15) is 24.2 Å². The predicted octanol–water partition coefficient (Wildman–Crippen LogP) is 5.05. The number of benzene rings is 2. The molecule has 0 aliphatic rings. The first-order valence-electron chi connectivity index (χ1n) is 8.19. The monoisotopic (exact) mass is 412 g/mol. The Bertz CT molecular complexity index is 801. The Morgan fingerprint density at radius 3 is 2.22 bits per heavy atom. The van der Waals surface area contributed by atoms with Gasteiger partial charge in [0.2, 0.25) is 5.91 Å². The van der Waals surface area contributed by atoms with Crippen LogP contribution in [0.25, 0.3) is 0 Å². The molecule has 2 amide bonds. The molecular weight excluding hydrogens is 394 g/mol. The first kappa shape index (κ1) is 21.2. The van der Waals surface area contributed by atoms with Gasteiger partial charge < -0.3 is 10.6 Å². The molecule has 0 heterocycles. The van der Waals surface area contributed by atoms with Crippen LogP contribution in [0.5, 0.6) is 0 Å². The summed E-state index contributed by atoms with van der Waals surface area (Å²) in [6, 6.07) is 11.9. The van der Waals surface area contributed by atoms with Gasteiger partial charge in [-0.3, -0.25) is 9.59 Å². The second-order valence-corrected chi connectivity index (χ2v) is 7.54. The van der Waals surface area contributed by atoms with Crippen LogP contribution in [0.4, 0.5) is 14.5 Å². The third kappa shape index (κ3) is 6.22. The zero-order chi connectivity index (χ0) is 20.0. The van der Waals surface area contributed by atoms with Crippen molar-refractivity contribution in [1.82, 2.24) is 5.32 Å². The van der Waals surface area contributed by atoms with E-state index in [-0.39, 0.29) is 11.5 Å². The zero-order valence-electron chi connectivity index (χ0n) is 14.7. The number of hydrogen-bond donors (Lipinski definition) is 2. The van der Waals surface area contributed by atoms with E-state index in [1.54, 1.807) is 38.1 Å². The van der Waals surface area contributed by atoms with Crippen LogP contribution in [0.15, 0.2) is 53.4 Å². The maximum Gasteiger partial charge on any atom is 0.288 e. The van der Waals surface area contributed by atoms with E-state index in [1.807, 2.05) is 0 Å². The Morgan fingerprint density at radius 2 is 1.67 bits per heavy atom. The van der Waals surface area contributed by atoms with Gasteiger partial charge in [-0.25, -0.2) is 0 Å². The van der Waals surface area contributed by atoms with Gasteiger partial charge in [-0.2, -0.15) is 8.78 Å². The molecule has 2 N–H and O–H groups in total. The number of hydrogen-bond acceptors (Lipinski definition) is 3. The molecule has 4 nitrogen and oxygen atoms in total. The molecule has 27 heavy (non-hydrogen) atoms. The van der Waals surface area contributed by atoms with Crippen LogP contribution in [0, 0.1) is 5.92 Å². The quantitative estimate of drug-likeness (QED) is 0.626. The molecular formula is C19H19ClF2N2O2S. The van der Waals surface area contributed by atoms with Crippen LogP contribution in [-0.4, -0.2) is 23.6 Å². The molecule has 2 rings (SSSR count). The van der Waals surface area contributed by atoms with Crippen molar-refractivity contribution in [3.63, 3.8) is 0 Å². The molecule has 8 heteroatoms. The van der Waals surface area contributed by atoms with Crippen molar-refractivity contribution in [2.75, 3.05) is 5.32 Å². The topological polar surface area (TPSA) is 58.2 Å². The molecule has 0 bridgehead atoms. The predicted molar refractivity (Wildman–Crippen MR) is 104 cm³/mol. The van der Waals surface area contributed by atoms with Gasteiger partial charge in [-0.15, -0.1) is 0 Å². The summed E-state index contributed by atoms with van der Waals surface area (Å²) in [6.45, 7) is 3.61. The normalized spacial score (nSPS) is 12.1. The average molecular weight is 413 g/mol. The molecule has 0 aromatic heterocycles. The van der Waals surface area contributed by atoms with Gasteiger partial charge in [-0.1, -0.05) is 49.3 Å². The van der Waals surface area contributed by atoms with Gasteiger partial charge >= 0.3 is 0 Å². The summed E-state index contributed by atoms with van der Waals surface area (Å²) in [6.07, 6.45) is 0. The molecule has 0 spiro atoms. The first-order chi connectivity index (χ1) is 12.8. The van der Waals surface area contributed by atoms with E-state index in [1.165, 1.54) is 24.3 Å². The molecule has 1 unspecified atom stereocenters. The summed E-state index contributed by atoms with van der Waals surface area (Å²) in [4.78, 5) is 25.4. The number of anilines is 1. The number of alkyl halides is 2. The fourth-order valence-electron chi connectivity index (χ4n) is 2.34. The maximum atomic E-state index is 12.6. The minimum Gasteiger partial charge on any atom is -0.340 e. The summed E-state index contributed by atoms with van der Waals surface area (Å²) in [5, 5.41) is 5.68. The number of carbonyl (C=O) groups is 2. The summed E-state index contributed by atoms with van der Waals surface area (Å²) in [5.41, 5.74) is 0.738. The Hall–Kier alpha value is -2.12. The lowest BCUT2D eigenvalue weighted by molar-refractivity contribution is -0.118. The lowest BCUT2D eigenvalue weighted by Crippen LogP contribution is -2.47. The minimum atomic E-state index is -2.50. The Balaban J connectivity index is 2.06. The van der Waals surface area contributed by atoms with Crippen molar-refractivity contribution in [3.05, 3.63) is 59.1 Å². The van der Waals surface area contributed by atoms with Gasteiger partial charge in [0.25, 0.3) is 11.7 Å². The number of carbonyl (C=O) groups excluding carboxylic acids is 2. The molecule has 2 aromatic carbocycles. The van der Waals surface area contributed by atoms with E-state index in [0.29, 0.717) is 27.4 Å². The second kappa shape index (κ2) is 9.71. The van der Waals surface area contributed by atoms with Gasteiger partial charge in [0.15, 0.2) is 0 Å². The fourth-order valence-corrected chi connectivity index (χ4v) is 3.06. The summed E-state index contributed by atoms with van der Waals surface area (Å²) < 4.78 is 24.7. The van der Waals surface area contributed by atoms with Crippen LogP contribution in [0.3, 0.4) is 0 Å². The highest BCUT2D eigenvalue weighted by molar-refractivity contribution is 7.99. The minimum absolute atomic E-state index is 0.176. The van der Waals surface area contributed by atoms with Gasteiger partial charge in [0.05, 0.1) is 10.6 Å². The molecule has 0 fully saturated rings. The second-order valence-electron chi connectivity index (χ2n) is 6.07. The van der Waals surface area contributed by atoms with Crippen molar-refractivity contribution in [2.24, 2.45) is 5.92 Å². The molecule has 2 aromatic rings. The highest BCUT2D eigenvalue weighted by atomic mass is 35.5. The molecule has 0 saturated carbocycles. The molecule has 144 valence electrons. The van der Waals surface area contributed by atoms with Crippen molar-refractivity contribution in [1.29, 1.82) is 0 Å². The number of halogens is 3. The lowest BCUT2D eigenvalue weighted by atomic mass is 10.0. The molecule has 1 atom stereocenters. The lowest BCUT2D eigenvalue weighted by Gasteiger charge is -2.22. The van der Waals surface area contributed by atoms with E-state index in [2.05, 4.69) is 10.6 Å². The Kier molecular flexibility index (Phi) is 7.62. The molecule has 0 saturated heterocycles. The van der Waals surface area contributed by atoms with Crippen molar-refractivity contribution in [3.8, 4) is 0 Å². The number of thioether (sulfide) groups is 1. The molecule has 0 aliphatic carbocycles. The van der Waals surface area contributed by atoms with Gasteiger partial charge in [0, 0.05) is 10.6 Å². The maximum absolute atomic E-state index is 12.6. The van der Waals surface area contributed by atoms with E-state index < -0.39 is 23.6 Å². The van der Waals surface area contributed by atoms with Crippen LogP contribution < -0.4 is 10.6 Å². The smallest absolute Gasteiger partial charge is 0.288 e. The first-order valence-corrected chi connectivity index (χ1v) is 9.45. The standard InChI is InChI=1S/C19H19ClF2N2O2S/c1-11(2)16(24-17(25)14-5-3-4-6-15(14)20)18(26)23-12-7-9-13(10-8-12)27-19(21)22/h3-11,16,19H,1-2H3,(H,23,26)(H,24,25). The van der Waals surface area contributed by atoms with Gasteiger partial charge in [0.1, 0.15) is 6.04 Å². The number of rotatable bonds is 7. The Labute approximate surface area is 165 Å². The van der Waals surface area contributed by atoms with Crippen molar-refractivity contribution < 1.29 is 18.4 Å². The van der Waals surface area contributed by atoms with E-state index >= 15 is 0 Å². The van der Waals surface area contributed by atoms with Crippen LogP contribution >= 0.6 is 23.4 Å². The third-order valence-electron chi connectivity index (χ3n) is 3.70. The molecule has 0 radical (unpaired) electrons. The summed E-state index contributed by atoms with van der Waals surface area (Å²) >= 11 is 6.45. The van der Waals surface area contributed by atoms with E-state index in [0.717, 1.165) is 0 Å². The Morgan fingerprint density at radius 1 is 1.04 bits per heavy atom. The fraction of sp³-hybridized carbons (Fsp3) is 0.263. The average Bonchev–Trinajstić information content (AvgIpc) is 2.60. The largest absolute Gasteiger partial charge is 0.340 e. The van der Waals surface area contributed by atoms with E-state index in [4.69, 9.17) is 11.6 Å². The highest BCUT2D eigenvalue weighted by Crippen LogP contribution is 2.26. The van der Waals surface area contributed by atoms with Crippen molar-refractivity contribution >= 4 is 40.9 Å². The van der Waals surface area contributed by atoms with E-state index in [9.17, 15) is 18.4 Å². The highest BCUT2D eigenvalue weighted by Gasteiger charge is 2.25. The van der Waals surface area contributed by atoms with Crippen LogP contribution in [-0.2, 0) is 4.79 Å². The van der Waals surface area contributed by atoms with Gasteiger partial charge in [-0.05, 0) is 42.3 Å². The zero-order valence-corrected chi connectivity index (χ0v) is 16.3. The van der Waals surface area contributed by atoms with Crippen molar-refractivity contribution in [2.45, 2.75) is 30.5 Å². The summed E-state index contributed by atoms with van der Waals surface area (Å²) in [5.74, 6) is -3.53. The summed E-state index contributed by atoms with van der Waals surface area (Å²) in [7, 11) is 0. The number of amides is 2. The SMILES string of the molecule is CC(C)C(NC(=O)c1ccccc1Cl)C(=O)Nc1ccc(SC(F)F)cc1. The number of nitrogens with one attached hydrogen (secondary N) is 2. The van der Waals surface area contributed by atoms with Crippen LogP contribution in [0.2, 0.25) is 5.02 Å². The molecule has 0 aliphatic heterocycles. The third-order valence-corrected chi connectivity index (χ3v) is 4.75.